The Bertz CT molecular complexity index is 382. The summed E-state index contributed by atoms with van der Waals surface area (Å²) in [6, 6.07) is 0.241. The van der Waals surface area contributed by atoms with E-state index in [1.54, 1.807) is 0 Å². The van der Waals surface area contributed by atoms with E-state index in [2.05, 4.69) is 17.3 Å². The highest BCUT2D eigenvalue weighted by molar-refractivity contribution is 5.79. The minimum absolute atomic E-state index is 0.0774. The summed E-state index contributed by atoms with van der Waals surface area (Å²) in [7, 11) is 1.90. The zero-order valence-electron chi connectivity index (χ0n) is 10.8. The van der Waals surface area contributed by atoms with Crippen molar-refractivity contribution in [2.45, 2.75) is 46.6 Å². The monoisotopic (exact) mass is 223 g/mol. The average molecular weight is 223 g/mol. The molecule has 0 spiro atoms. The van der Waals surface area contributed by atoms with Crippen molar-refractivity contribution in [1.82, 2.24) is 15.1 Å². The lowest BCUT2D eigenvalue weighted by Gasteiger charge is -2.11. The summed E-state index contributed by atoms with van der Waals surface area (Å²) in [6.45, 7) is 8.01. The lowest BCUT2D eigenvalue weighted by molar-refractivity contribution is -0.121. The van der Waals surface area contributed by atoms with Gasteiger partial charge in [-0.3, -0.25) is 9.48 Å². The van der Waals surface area contributed by atoms with E-state index in [1.807, 2.05) is 32.5 Å². The number of rotatable bonds is 4. The fourth-order valence-electron chi connectivity index (χ4n) is 1.66. The predicted molar refractivity (Wildman–Crippen MR) is 64.3 cm³/mol. The molecule has 0 aliphatic rings. The van der Waals surface area contributed by atoms with Crippen LogP contribution < -0.4 is 5.32 Å². The summed E-state index contributed by atoms with van der Waals surface area (Å²) >= 11 is 0. The van der Waals surface area contributed by atoms with E-state index in [9.17, 15) is 4.79 Å². The summed E-state index contributed by atoms with van der Waals surface area (Å²) in [5, 5.41) is 7.27. The molecule has 1 aromatic rings. The van der Waals surface area contributed by atoms with E-state index in [1.165, 1.54) is 0 Å². The first-order valence-electron chi connectivity index (χ1n) is 5.74. The first-order valence-corrected chi connectivity index (χ1v) is 5.74. The minimum atomic E-state index is 0.0774. The second-order valence-corrected chi connectivity index (χ2v) is 4.33. The molecule has 4 nitrogen and oxygen atoms in total. The molecule has 16 heavy (non-hydrogen) atoms. The van der Waals surface area contributed by atoms with Gasteiger partial charge in [-0.2, -0.15) is 5.10 Å². The van der Waals surface area contributed by atoms with E-state index in [0.717, 1.165) is 23.4 Å². The lowest BCUT2D eigenvalue weighted by Crippen LogP contribution is -2.33. The summed E-state index contributed by atoms with van der Waals surface area (Å²) in [6.07, 6.45) is 1.38. The van der Waals surface area contributed by atoms with Crippen molar-refractivity contribution in [3.05, 3.63) is 17.0 Å². The van der Waals surface area contributed by atoms with Gasteiger partial charge in [0, 0.05) is 24.3 Å². The first kappa shape index (κ1) is 12.7. The molecule has 1 N–H and O–H groups in total. The van der Waals surface area contributed by atoms with Crippen LogP contribution in [0.25, 0.3) is 0 Å². The minimum Gasteiger partial charge on any atom is -0.353 e. The second kappa shape index (κ2) is 5.14. The number of nitrogens with zero attached hydrogens (tertiary/aromatic N) is 2. The van der Waals surface area contributed by atoms with Gasteiger partial charge in [-0.25, -0.2) is 0 Å². The number of aromatic nitrogens is 2. The van der Waals surface area contributed by atoms with E-state index >= 15 is 0 Å². The van der Waals surface area contributed by atoms with Crippen LogP contribution in [-0.2, 0) is 18.3 Å². The zero-order chi connectivity index (χ0) is 12.3. The molecule has 0 aromatic carbocycles. The van der Waals surface area contributed by atoms with Gasteiger partial charge in [-0.05, 0) is 27.2 Å². The summed E-state index contributed by atoms with van der Waals surface area (Å²) in [5.74, 6) is 0.0774. The topological polar surface area (TPSA) is 46.9 Å². The molecule has 0 fully saturated rings. The molecule has 0 saturated carbocycles. The number of carbonyl (C=O) groups excluding carboxylic acids is 1. The molecule has 1 rings (SSSR count). The van der Waals surface area contributed by atoms with Gasteiger partial charge in [0.25, 0.3) is 0 Å². The highest BCUT2D eigenvalue weighted by atomic mass is 16.1. The number of carbonyl (C=O) groups is 1. The lowest BCUT2D eigenvalue weighted by atomic mass is 10.1. The molecule has 90 valence electrons. The van der Waals surface area contributed by atoms with Gasteiger partial charge in [-0.15, -0.1) is 0 Å². The highest BCUT2D eigenvalue weighted by Gasteiger charge is 2.14. The van der Waals surface area contributed by atoms with Crippen molar-refractivity contribution in [3.63, 3.8) is 0 Å². The van der Waals surface area contributed by atoms with Crippen molar-refractivity contribution in [1.29, 1.82) is 0 Å². The molecule has 0 saturated heterocycles. The van der Waals surface area contributed by atoms with Gasteiger partial charge in [0.1, 0.15) is 0 Å². The summed E-state index contributed by atoms with van der Waals surface area (Å²) < 4.78 is 1.82. The number of hydrogen-bond donors (Lipinski definition) is 1. The first-order chi connectivity index (χ1) is 7.45. The van der Waals surface area contributed by atoms with Gasteiger partial charge in [0.15, 0.2) is 0 Å². The van der Waals surface area contributed by atoms with Gasteiger partial charge < -0.3 is 5.32 Å². The van der Waals surface area contributed by atoms with Crippen LogP contribution >= 0.6 is 0 Å². The Morgan fingerprint density at radius 3 is 2.56 bits per heavy atom. The van der Waals surface area contributed by atoms with Gasteiger partial charge in [0.05, 0.1) is 12.1 Å². The summed E-state index contributed by atoms with van der Waals surface area (Å²) in [4.78, 5) is 11.7. The standard InChI is InChI=1S/C12H21N3O/c1-6-8(2)13-12(16)7-11-9(3)14-15(5)10(11)4/h8H,6-7H2,1-5H3,(H,13,16). The largest absolute Gasteiger partial charge is 0.353 e. The van der Waals surface area contributed by atoms with Crippen LogP contribution in [-0.4, -0.2) is 21.7 Å². The third-order valence-corrected chi connectivity index (χ3v) is 3.02. The van der Waals surface area contributed by atoms with Gasteiger partial charge in [-0.1, -0.05) is 6.92 Å². The fraction of sp³-hybridized carbons (Fsp3) is 0.667. The number of amides is 1. The SMILES string of the molecule is CCC(C)NC(=O)Cc1c(C)nn(C)c1C. The maximum Gasteiger partial charge on any atom is 0.224 e. The molecule has 0 radical (unpaired) electrons. The quantitative estimate of drug-likeness (QED) is 0.840. The van der Waals surface area contributed by atoms with Crippen molar-refractivity contribution in [2.24, 2.45) is 7.05 Å². The van der Waals surface area contributed by atoms with Crippen molar-refractivity contribution in [2.75, 3.05) is 0 Å². The Morgan fingerprint density at radius 2 is 2.12 bits per heavy atom. The Hall–Kier alpha value is -1.32. The Balaban J connectivity index is 2.70. The fourth-order valence-corrected chi connectivity index (χ4v) is 1.66. The van der Waals surface area contributed by atoms with Crippen LogP contribution in [0.4, 0.5) is 0 Å². The van der Waals surface area contributed by atoms with Crippen LogP contribution in [0.5, 0.6) is 0 Å². The third-order valence-electron chi connectivity index (χ3n) is 3.02. The number of hydrogen-bond acceptors (Lipinski definition) is 2. The molecule has 1 unspecified atom stereocenters. The Morgan fingerprint density at radius 1 is 1.50 bits per heavy atom. The maximum atomic E-state index is 11.7. The van der Waals surface area contributed by atoms with Crippen LogP contribution in [0.3, 0.4) is 0 Å². The van der Waals surface area contributed by atoms with Crippen LogP contribution in [0.15, 0.2) is 0 Å². The molecule has 1 heterocycles. The normalized spacial score (nSPS) is 12.6. The average Bonchev–Trinajstić information content (AvgIpc) is 2.45. The van der Waals surface area contributed by atoms with Crippen LogP contribution in [0.1, 0.15) is 37.2 Å². The van der Waals surface area contributed by atoms with Crippen molar-refractivity contribution in [3.8, 4) is 0 Å². The van der Waals surface area contributed by atoms with E-state index in [4.69, 9.17) is 0 Å². The highest BCUT2D eigenvalue weighted by Crippen LogP contribution is 2.12. The molecule has 1 aromatic heterocycles. The molecule has 1 atom stereocenters. The molecule has 0 aliphatic heterocycles. The van der Waals surface area contributed by atoms with Crippen molar-refractivity contribution < 1.29 is 4.79 Å². The molecule has 1 amide bonds. The Kier molecular flexibility index (Phi) is 4.10. The number of nitrogens with one attached hydrogen (secondary N) is 1. The van der Waals surface area contributed by atoms with Crippen LogP contribution in [0.2, 0.25) is 0 Å². The molecule has 0 aliphatic carbocycles. The zero-order valence-corrected chi connectivity index (χ0v) is 10.8. The van der Waals surface area contributed by atoms with E-state index in [0.29, 0.717) is 6.42 Å². The number of aryl methyl sites for hydroxylation is 2. The van der Waals surface area contributed by atoms with Gasteiger partial charge in [0.2, 0.25) is 5.91 Å². The van der Waals surface area contributed by atoms with Gasteiger partial charge >= 0.3 is 0 Å². The molecule has 0 bridgehead atoms. The second-order valence-electron chi connectivity index (χ2n) is 4.33. The molecular formula is C12H21N3O. The third kappa shape index (κ3) is 2.84. The molecule has 4 heteroatoms. The predicted octanol–water partition coefficient (Wildman–Crippen LogP) is 1.49. The smallest absolute Gasteiger partial charge is 0.224 e. The summed E-state index contributed by atoms with van der Waals surface area (Å²) in [5.41, 5.74) is 3.06. The maximum absolute atomic E-state index is 11.7. The van der Waals surface area contributed by atoms with E-state index in [-0.39, 0.29) is 11.9 Å². The Labute approximate surface area is 97.0 Å². The molecular weight excluding hydrogens is 202 g/mol. The van der Waals surface area contributed by atoms with Crippen LogP contribution in [0, 0.1) is 13.8 Å². The van der Waals surface area contributed by atoms with E-state index < -0.39 is 0 Å². The van der Waals surface area contributed by atoms with Crippen molar-refractivity contribution >= 4 is 5.91 Å².